The summed E-state index contributed by atoms with van der Waals surface area (Å²) in [6, 6.07) is 15.7. The molecule has 1 aliphatic rings. The molecule has 0 saturated carbocycles. The van der Waals surface area contributed by atoms with Crippen LogP contribution in [0.2, 0.25) is 0 Å². The van der Waals surface area contributed by atoms with Gasteiger partial charge in [-0.3, -0.25) is 14.9 Å². The molecule has 1 saturated heterocycles. The third-order valence-corrected chi connectivity index (χ3v) is 5.29. The Morgan fingerprint density at radius 1 is 1.11 bits per heavy atom. The third kappa shape index (κ3) is 5.15. The van der Waals surface area contributed by atoms with Crippen molar-refractivity contribution in [2.75, 3.05) is 46.4 Å². The topological polar surface area (TPSA) is 72.7 Å². The first-order chi connectivity index (χ1) is 13.5. The molecule has 1 heterocycles. The number of nitro benzene ring substituents is 1. The van der Waals surface area contributed by atoms with Gasteiger partial charge >= 0.3 is 0 Å². The number of nitro groups is 1. The molecule has 0 bridgehead atoms. The lowest BCUT2D eigenvalue weighted by Crippen LogP contribution is -2.55. The number of amides is 1. The van der Waals surface area contributed by atoms with Crippen molar-refractivity contribution in [3.63, 3.8) is 0 Å². The molecule has 3 rings (SSSR count). The maximum absolute atomic E-state index is 13.1. The monoisotopic (exact) mass is 384 g/mol. The van der Waals surface area contributed by atoms with Gasteiger partial charge in [0.1, 0.15) is 13.1 Å². The minimum atomic E-state index is -0.459. The summed E-state index contributed by atoms with van der Waals surface area (Å²) >= 11 is 0. The number of quaternary nitrogens is 1. The maximum atomic E-state index is 13.1. The largest absolute Gasteiger partial charge is 0.370 e. The Morgan fingerprint density at radius 2 is 1.75 bits per heavy atom. The Morgan fingerprint density at radius 3 is 2.36 bits per heavy atom. The number of hydrogen-bond donors (Lipinski definition) is 0. The van der Waals surface area contributed by atoms with Crippen LogP contribution in [-0.2, 0) is 11.3 Å². The van der Waals surface area contributed by atoms with Crippen molar-refractivity contribution in [1.82, 2.24) is 4.90 Å². The van der Waals surface area contributed by atoms with E-state index < -0.39 is 4.92 Å². The first-order valence-corrected chi connectivity index (χ1v) is 9.46. The van der Waals surface area contributed by atoms with Crippen LogP contribution in [0.4, 0.5) is 5.69 Å². The van der Waals surface area contributed by atoms with Gasteiger partial charge in [0.15, 0.2) is 0 Å². The molecule has 0 N–H and O–H groups in total. The summed E-state index contributed by atoms with van der Waals surface area (Å²) in [5.74, 6) is -0.112. The van der Waals surface area contributed by atoms with E-state index in [1.807, 2.05) is 35.2 Å². The predicted molar refractivity (Wildman–Crippen MR) is 106 cm³/mol. The number of carbonyl (C=O) groups is 1. The molecule has 1 fully saturated rings. The standard InChI is InChI=1S/C21H26N3O4/c1-24(13-15-28-16-14-24)12-11-22(17-18-5-3-2-4-6-18)21(25)19-7-9-20(10-8-19)23(26)27/h2-10H,11-17H2,1H3/q+1. The number of hydrogen-bond acceptors (Lipinski definition) is 4. The molecule has 148 valence electrons. The number of non-ortho nitro benzene ring substituents is 1. The zero-order valence-electron chi connectivity index (χ0n) is 16.1. The van der Waals surface area contributed by atoms with Gasteiger partial charge in [0.2, 0.25) is 0 Å². The first kappa shape index (κ1) is 20.0. The summed E-state index contributed by atoms with van der Waals surface area (Å²) in [4.78, 5) is 25.4. The number of ether oxygens (including phenoxy) is 1. The number of rotatable bonds is 7. The molecule has 0 unspecified atom stereocenters. The molecule has 0 aromatic heterocycles. The predicted octanol–water partition coefficient (Wildman–Crippen LogP) is 2.71. The first-order valence-electron chi connectivity index (χ1n) is 9.46. The normalized spacial score (nSPS) is 15.8. The molecule has 0 aliphatic carbocycles. The van der Waals surface area contributed by atoms with Crippen LogP contribution in [0, 0.1) is 10.1 Å². The molecule has 28 heavy (non-hydrogen) atoms. The van der Waals surface area contributed by atoms with Crippen LogP contribution >= 0.6 is 0 Å². The summed E-state index contributed by atoms with van der Waals surface area (Å²) in [5, 5.41) is 10.9. The molecule has 1 aliphatic heterocycles. The van der Waals surface area contributed by atoms with Crippen molar-refractivity contribution >= 4 is 11.6 Å². The fraction of sp³-hybridized carbons (Fsp3) is 0.381. The van der Waals surface area contributed by atoms with Crippen LogP contribution in [0.5, 0.6) is 0 Å². The minimum Gasteiger partial charge on any atom is -0.370 e. The Kier molecular flexibility index (Phi) is 6.38. The van der Waals surface area contributed by atoms with Crippen molar-refractivity contribution in [3.8, 4) is 0 Å². The van der Waals surface area contributed by atoms with Gasteiger partial charge in [0, 0.05) is 24.2 Å². The smallest absolute Gasteiger partial charge is 0.269 e. The van der Waals surface area contributed by atoms with E-state index in [9.17, 15) is 14.9 Å². The highest BCUT2D eigenvalue weighted by Gasteiger charge is 2.27. The summed E-state index contributed by atoms with van der Waals surface area (Å²) in [7, 11) is 2.19. The van der Waals surface area contributed by atoms with Crippen molar-refractivity contribution in [3.05, 3.63) is 75.8 Å². The van der Waals surface area contributed by atoms with Crippen LogP contribution in [0.15, 0.2) is 54.6 Å². The second-order valence-electron chi connectivity index (χ2n) is 7.42. The minimum absolute atomic E-state index is 0.0162. The highest BCUT2D eigenvalue weighted by atomic mass is 16.6. The zero-order chi connectivity index (χ0) is 20.0. The van der Waals surface area contributed by atoms with Crippen molar-refractivity contribution in [2.24, 2.45) is 0 Å². The van der Waals surface area contributed by atoms with Gasteiger partial charge in [-0.2, -0.15) is 0 Å². The molecular weight excluding hydrogens is 358 g/mol. The highest BCUT2D eigenvalue weighted by molar-refractivity contribution is 5.94. The number of carbonyl (C=O) groups excluding carboxylic acids is 1. The van der Waals surface area contributed by atoms with Gasteiger partial charge in [0.05, 0.1) is 38.3 Å². The molecule has 2 aromatic rings. The van der Waals surface area contributed by atoms with Gasteiger partial charge in [-0.05, 0) is 17.7 Å². The van der Waals surface area contributed by atoms with Gasteiger partial charge in [-0.1, -0.05) is 30.3 Å². The molecule has 7 nitrogen and oxygen atoms in total. The van der Waals surface area contributed by atoms with Crippen LogP contribution in [0.1, 0.15) is 15.9 Å². The molecule has 7 heteroatoms. The Bertz CT molecular complexity index is 802. The lowest BCUT2D eigenvalue weighted by molar-refractivity contribution is -0.916. The SMILES string of the molecule is C[N+]1(CCN(Cc2ccccc2)C(=O)c2ccc([N+](=O)[O-])cc2)CCOCC1. The number of likely N-dealkylation sites (N-methyl/N-ethyl adjacent to an activating group) is 1. The van der Waals surface area contributed by atoms with Crippen molar-refractivity contribution < 1.29 is 18.9 Å². The van der Waals surface area contributed by atoms with Gasteiger partial charge in [-0.15, -0.1) is 0 Å². The van der Waals surface area contributed by atoms with Crippen molar-refractivity contribution in [1.29, 1.82) is 0 Å². The lowest BCUT2D eigenvalue weighted by Gasteiger charge is -2.39. The van der Waals surface area contributed by atoms with E-state index in [4.69, 9.17) is 4.74 Å². The van der Waals surface area contributed by atoms with E-state index in [2.05, 4.69) is 7.05 Å². The Balaban J connectivity index is 1.76. The van der Waals surface area contributed by atoms with Crippen LogP contribution in [0.3, 0.4) is 0 Å². The van der Waals surface area contributed by atoms with E-state index in [0.29, 0.717) is 18.7 Å². The zero-order valence-corrected chi connectivity index (χ0v) is 16.1. The summed E-state index contributed by atoms with van der Waals surface area (Å²) < 4.78 is 6.34. The van der Waals surface area contributed by atoms with E-state index in [0.717, 1.165) is 42.9 Å². The fourth-order valence-electron chi connectivity index (χ4n) is 3.33. The summed E-state index contributed by atoms with van der Waals surface area (Å²) in [5.41, 5.74) is 1.51. The van der Waals surface area contributed by atoms with Crippen LogP contribution in [-0.4, -0.2) is 66.7 Å². The third-order valence-electron chi connectivity index (χ3n) is 5.29. The van der Waals surface area contributed by atoms with E-state index in [1.54, 1.807) is 0 Å². The maximum Gasteiger partial charge on any atom is 0.269 e. The molecule has 0 atom stereocenters. The summed E-state index contributed by atoms with van der Waals surface area (Å²) in [6.45, 7) is 5.32. The average Bonchev–Trinajstić information content (AvgIpc) is 2.72. The van der Waals surface area contributed by atoms with Crippen LogP contribution in [0.25, 0.3) is 0 Å². The highest BCUT2D eigenvalue weighted by Crippen LogP contribution is 2.16. The molecule has 1 amide bonds. The van der Waals surface area contributed by atoms with E-state index in [-0.39, 0.29) is 11.6 Å². The van der Waals surface area contributed by atoms with Gasteiger partial charge in [-0.25, -0.2) is 0 Å². The lowest BCUT2D eigenvalue weighted by atomic mass is 10.1. The van der Waals surface area contributed by atoms with Crippen LogP contribution < -0.4 is 0 Å². The quantitative estimate of drug-likeness (QED) is 0.418. The Hall–Kier alpha value is -2.77. The second-order valence-corrected chi connectivity index (χ2v) is 7.42. The number of morpholine rings is 1. The Labute approximate surface area is 164 Å². The molecule has 0 spiro atoms. The van der Waals surface area contributed by atoms with Gasteiger partial charge < -0.3 is 14.1 Å². The molecule has 2 aromatic carbocycles. The number of benzene rings is 2. The molecule has 0 radical (unpaired) electrons. The number of nitrogens with zero attached hydrogens (tertiary/aromatic N) is 3. The van der Waals surface area contributed by atoms with E-state index >= 15 is 0 Å². The average molecular weight is 384 g/mol. The second kappa shape index (κ2) is 8.95. The van der Waals surface area contributed by atoms with Gasteiger partial charge in [0.25, 0.3) is 11.6 Å². The fourth-order valence-corrected chi connectivity index (χ4v) is 3.33. The van der Waals surface area contributed by atoms with E-state index in [1.165, 1.54) is 24.3 Å². The summed E-state index contributed by atoms with van der Waals surface area (Å²) in [6.07, 6.45) is 0. The van der Waals surface area contributed by atoms with Crippen molar-refractivity contribution in [2.45, 2.75) is 6.54 Å². The molecular formula is C21H26N3O4+.